The van der Waals surface area contributed by atoms with Gasteiger partial charge in [0.15, 0.2) is 0 Å². The minimum Gasteiger partial charge on any atom is -0.103 e. The number of rotatable bonds is 5. The summed E-state index contributed by atoms with van der Waals surface area (Å²) in [4.78, 5) is 0. The van der Waals surface area contributed by atoms with E-state index in [0.717, 1.165) is 0 Å². The number of hydrogen-bond acceptors (Lipinski definition) is 0. The smallest absolute Gasteiger partial charge is 0.0723 e. The van der Waals surface area contributed by atoms with Crippen LogP contribution in [0.5, 0.6) is 0 Å². The molecule has 0 N–H and O–H groups in total. The fourth-order valence-corrected chi connectivity index (χ4v) is 4.36. The topological polar surface area (TPSA) is 0 Å². The Morgan fingerprint density at radius 3 is 1.33 bits per heavy atom. The van der Waals surface area contributed by atoms with Crippen molar-refractivity contribution in [2.75, 3.05) is 0 Å². The SMILES string of the molecule is [B]CC(C(=C)[Si](C)(C)C)C(=C)[Si](C)(C)C. The molecular formula is C12H25BSi2. The highest BCUT2D eigenvalue weighted by molar-refractivity contribution is 6.85. The van der Waals surface area contributed by atoms with E-state index in [1.165, 1.54) is 10.4 Å². The summed E-state index contributed by atoms with van der Waals surface area (Å²) in [6.45, 7) is 22.5. The molecule has 84 valence electrons. The Labute approximate surface area is 99.3 Å². The van der Waals surface area contributed by atoms with Gasteiger partial charge in [0.1, 0.15) is 0 Å². The van der Waals surface area contributed by atoms with E-state index in [1.807, 2.05) is 0 Å². The Bertz CT molecular complexity index is 230. The Kier molecular flexibility index (Phi) is 4.87. The Hall–Kier alpha value is -0.0213. The molecule has 0 aliphatic carbocycles. The van der Waals surface area contributed by atoms with Crippen LogP contribution in [0.25, 0.3) is 0 Å². The molecule has 15 heavy (non-hydrogen) atoms. The van der Waals surface area contributed by atoms with Crippen LogP contribution < -0.4 is 0 Å². The summed E-state index contributed by atoms with van der Waals surface area (Å²) < 4.78 is 0. The van der Waals surface area contributed by atoms with Gasteiger partial charge in [-0.1, -0.05) is 56.0 Å². The number of allylic oxidation sites excluding steroid dienone is 2. The zero-order valence-corrected chi connectivity index (χ0v) is 13.3. The molecule has 0 aromatic heterocycles. The molecular weight excluding hydrogens is 211 g/mol. The molecule has 0 amide bonds. The van der Waals surface area contributed by atoms with Crippen LogP contribution in [-0.2, 0) is 0 Å². The van der Waals surface area contributed by atoms with Crippen molar-refractivity contribution in [2.24, 2.45) is 5.92 Å². The van der Waals surface area contributed by atoms with Crippen molar-refractivity contribution in [1.82, 2.24) is 0 Å². The molecule has 2 radical (unpaired) electrons. The number of hydrogen-bond donors (Lipinski definition) is 0. The lowest BCUT2D eigenvalue weighted by Crippen LogP contribution is -2.35. The molecule has 0 aromatic rings. The lowest BCUT2D eigenvalue weighted by Gasteiger charge is -2.34. The van der Waals surface area contributed by atoms with Crippen LogP contribution >= 0.6 is 0 Å². The second-order valence-electron chi connectivity index (χ2n) is 6.34. The van der Waals surface area contributed by atoms with Gasteiger partial charge in [-0.3, -0.25) is 0 Å². The van der Waals surface area contributed by atoms with Crippen LogP contribution in [0.3, 0.4) is 0 Å². The van der Waals surface area contributed by atoms with E-state index in [4.69, 9.17) is 7.85 Å². The summed E-state index contributed by atoms with van der Waals surface area (Å²) >= 11 is 0. The Balaban J connectivity index is 4.96. The molecule has 0 heterocycles. The van der Waals surface area contributed by atoms with E-state index in [1.54, 1.807) is 0 Å². The maximum atomic E-state index is 5.89. The van der Waals surface area contributed by atoms with Crippen LogP contribution in [0, 0.1) is 5.92 Å². The van der Waals surface area contributed by atoms with E-state index in [0.29, 0.717) is 12.2 Å². The van der Waals surface area contributed by atoms with Crippen LogP contribution in [-0.4, -0.2) is 24.0 Å². The molecule has 0 atom stereocenters. The summed E-state index contributed by atoms with van der Waals surface area (Å²) in [6.07, 6.45) is 0.673. The van der Waals surface area contributed by atoms with E-state index in [2.05, 4.69) is 52.4 Å². The normalized spacial score (nSPS) is 13.0. The van der Waals surface area contributed by atoms with Crippen molar-refractivity contribution < 1.29 is 0 Å². The van der Waals surface area contributed by atoms with Crippen LogP contribution in [0.1, 0.15) is 0 Å². The highest BCUT2D eigenvalue weighted by atomic mass is 28.3. The zero-order valence-electron chi connectivity index (χ0n) is 11.3. The molecule has 0 aliphatic rings. The Morgan fingerprint density at radius 2 is 1.20 bits per heavy atom. The molecule has 0 nitrogen and oxygen atoms in total. The summed E-state index contributed by atoms with van der Waals surface area (Å²) in [5.74, 6) is 0.350. The zero-order chi connectivity index (χ0) is 12.4. The lowest BCUT2D eigenvalue weighted by molar-refractivity contribution is 0.878. The van der Waals surface area contributed by atoms with E-state index in [9.17, 15) is 0 Å². The third kappa shape index (κ3) is 4.15. The summed E-state index contributed by atoms with van der Waals surface area (Å²) in [5.41, 5.74) is 0. The fourth-order valence-electron chi connectivity index (χ4n) is 1.54. The third-order valence-electron chi connectivity index (χ3n) is 3.00. The van der Waals surface area contributed by atoms with Gasteiger partial charge < -0.3 is 0 Å². The largest absolute Gasteiger partial charge is 0.103 e. The molecule has 0 aromatic carbocycles. The van der Waals surface area contributed by atoms with Gasteiger partial charge in [-0.05, 0) is 5.92 Å². The first kappa shape index (κ1) is 15.0. The second-order valence-corrected chi connectivity index (χ2v) is 16.6. The van der Waals surface area contributed by atoms with Gasteiger partial charge in [-0.25, -0.2) is 0 Å². The molecule has 0 spiro atoms. The average Bonchev–Trinajstić information content (AvgIpc) is 2.01. The minimum absolute atomic E-state index is 0.350. The molecule has 0 saturated carbocycles. The van der Waals surface area contributed by atoms with E-state index >= 15 is 0 Å². The first-order chi connectivity index (χ1) is 6.51. The average molecular weight is 236 g/mol. The van der Waals surface area contributed by atoms with Crippen molar-refractivity contribution in [3.05, 3.63) is 23.6 Å². The first-order valence-electron chi connectivity index (χ1n) is 5.60. The van der Waals surface area contributed by atoms with Crippen LogP contribution in [0.2, 0.25) is 45.6 Å². The predicted molar refractivity (Wildman–Crippen MR) is 79.0 cm³/mol. The van der Waals surface area contributed by atoms with Crippen LogP contribution in [0.15, 0.2) is 23.6 Å². The van der Waals surface area contributed by atoms with Crippen LogP contribution in [0.4, 0.5) is 0 Å². The van der Waals surface area contributed by atoms with Gasteiger partial charge >= 0.3 is 0 Å². The summed E-state index contributed by atoms with van der Waals surface area (Å²) in [7, 11) is 3.29. The third-order valence-corrected chi connectivity index (χ3v) is 7.55. The summed E-state index contributed by atoms with van der Waals surface area (Å²) in [6, 6.07) is 0. The quantitative estimate of drug-likeness (QED) is 0.631. The van der Waals surface area contributed by atoms with Crippen molar-refractivity contribution in [3.63, 3.8) is 0 Å². The maximum absolute atomic E-state index is 5.89. The van der Waals surface area contributed by atoms with Gasteiger partial charge in [0.2, 0.25) is 0 Å². The molecule has 0 bridgehead atoms. The monoisotopic (exact) mass is 236 g/mol. The lowest BCUT2D eigenvalue weighted by atomic mass is 9.91. The first-order valence-corrected chi connectivity index (χ1v) is 12.6. The molecule has 0 unspecified atom stereocenters. The van der Waals surface area contributed by atoms with E-state index in [-0.39, 0.29) is 0 Å². The van der Waals surface area contributed by atoms with Crippen molar-refractivity contribution in [2.45, 2.75) is 45.6 Å². The molecule has 0 fully saturated rings. The molecule has 0 saturated heterocycles. The van der Waals surface area contributed by atoms with Crippen molar-refractivity contribution >= 4 is 24.0 Å². The van der Waals surface area contributed by atoms with E-state index < -0.39 is 16.1 Å². The van der Waals surface area contributed by atoms with Crippen molar-refractivity contribution in [3.8, 4) is 0 Å². The summed E-state index contributed by atoms with van der Waals surface area (Å²) in [5, 5.41) is 2.72. The predicted octanol–water partition coefficient (Wildman–Crippen LogP) is 4.06. The Morgan fingerprint density at radius 1 is 0.933 bits per heavy atom. The van der Waals surface area contributed by atoms with Gasteiger partial charge in [0, 0.05) is 0 Å². The van der Waals surface area contributed by atoms with Gasteiger partial charge in [0.05, 0.1) is 24.0 Å². The standard InChI is InChI=1S/C12H25BSi2/c1-10(14(3,4)5)12(9-13)11(2)15(6,7)8/h12H,1-2,9H2,3-8H3. The van der Waals surface area contributed by atoms with Gasteiger partial charge in [0.25, 0.3) is 0 Å². The maximum Gasteiger partial charge on any atom is 0.0723 e. The highest BCUT2D eigenvalue weighted by Gasteiger charge is 2.30. The second kappa shape index (κ2) is 4.87. The highest BCUT2D eigenvalue weighted by Crippen LogP contribution is 2.33. The molecule has 0 rings (SSSR count). The molecule has 3 heteroatoms. The van der Waals surface area contributed by atoms with Gasteiger partial charge in [-0.15, -0.1) is 13.2 Å². The minimum atomic E-state index is -1.30. The van der Waals surface area contributed by atoms with Gasteiger partial charge in [-0.2, -0.15) is 0 Å². The molecule has 0 aliphatic heterocycles. The van der Waals surface area contributed by atoms with Crippen molar-refractivity contribution in [1.29, 1.82) is 0 Å². The fraction of sp³-hybridized carbons (Fsp3) is 0.667.